The molecule has 0 bridgehead atoms. The molecule has 100 valence electrons. The van der Waals surface area contributed by atoms with E-state index in [-0.39, 0.29) is 17.1 Å². The number of rotatable bonds is 1. The molecule has 0 unspecified atom stereocenters. The second-order valence-corrected chi connectivity index (χ2v) is 4.12. The maximum Gasteiger partial charge on any atom is 2.00 e. The molecule has 0 spiro atoms. The first-order chi connectivity index (χ1) is 9.43. The van der Waals surface area contributed by atoms with Crippen LogP contribution in [0.5, 0.6) is 0 Å². The predicted molar refractivity (Wildman–Crippen MR) is 77.1 cm³/mol. The van der Waals surface area contributed by atoms with E-state index >= 15 is 0 Å². The first kappa shape index (κ1) is 14.3. The predicted octanol–water partition coefficient (Wildman–Crippen LogP) is 4.62. The van der Waals surface area contributed by atoms with Crippen LogP contribution >= 0.6 is 0 Å². The van der Waals surface area contributed by atoms with Crippen molar-refractivity contribution in [1.29, 1.82) is 0 Å². The SMILES string of the molecule is [Fe+2].c1cc[cH-]c1.c1ccc2oc(-[c-]3cccc3)nc2c1. The van der Waals surface area contributed by atoms with E-state index in [9.17, 15) is 0 Å². The van der Waals surface area contributed by atoms with Crippen LogP contribution in [0.3, 0.4) is 0 Å². The number of nitrogens with zero attached hydrogens (tertiary/aromatic N) is 1. The molecule has 3 aromatic carbocycles. The Kier molecular flexibility index (Phi) is 4.94. The molecule has 4 aromatic rings. The van der Waals surface area contributed by atoms with E-state index < -0.39 is 0 Å². The van der Waals surface area contributed by atoms with Crippen LogP contribution in [0.2, 0.25) is 0 Å². The fourth-order valence-corrected chi connectivity index (χ4v) is 1.83. The molecule has 2 nitrogen and oxygen atoms in total. The van der Waals surface area contributed by atoms with Crippen molar-refractivity contribution < 1.29 is 21.5 Å². The summed E-state index contributed by atoms with van der Waals surface area (Å²) >= 11 is 0. The van der Waals surface area contributed by atoms with Crippen molar-refractivity contribution >= 4 is 11.1 Å². The summed E-state index contributed by atoms with van der Waals surface area (Å²) in [6.07, 6.45) is 0. The summed E-state index contributed by atoms with van der Waals surface area (Å²) in [6, 6.07) is 25.7. The van der Waals surface area contributed by atoms with Gasteiger partial charge in [0.2, 0.25) is 0 Å². The fraction of sp³-hybridized carbons (Fsp3) is 0. The summed E-state index contributed by atoms with van der Waals surface area (Å²) in [5, 5.41) is 0. The number of fused-ring (bicyclic) bond motifs is 1. The van der Waals surface area contributed by atoms with Gasteiger partial charge in [0.15, 0.2) is 11.5 Å². The molecule has 0 saturated heterocycles. The van der Waals surface area contributed by atoms with Crippen molar-refractivity contribution in [2.45, 2.75) is 0 Å². The van der Waals surface area contributed by atoms with Crippen LogP contribution in [0.15, 0.2) is 83.3 Å². The molecule has 0 atom stereocenters. The minimum atomic E-state index is 0. The van der Waals surface area contributed by atoms with E-state index in [1.54, 1.807) is 0 Å². The van der Waals surface area contributed by atoms with E-state index in [2.05, 4.69) is 4.98 Å². The van der Waals surface area contributed by atoms with Crippen LogP contribution in [0.4, 0.5) is 0 Å². The van der Waals surface area contributed by atoms with E-state index in [0.29, 0.717) is 5.89 Å². The third kappa shape index (κ3) is 3.27. The van der Waals surface area contributed by atoms with Gasteiger partial charge >= 0.3 is 17.1 Å². The monoisotopic (exact) mass is 303 g/mol. The molecule has 0 fully saturated rings. The van der Waals surface area contributed by atoms with Gasteiger partial charge in [-0.05, 0) is 12.1 Å². The zero-order valence-electron chi connectivity index (χ0n) is 10.7. The normalized spacial score (nSPS) is 9.60. The van der Waals surface area contributed by atoms with Crippen molar-refractivity contribution in [2.75, 3.05) is 0 Å². The van der Waals surface area contributed by atoms with Crippen LogP contribution in [-0.2, 0) is 17.1 Å². The molecule has 1 heterocycles. The van der Waals surface area contributed by atoms with Crippen LogP contribution in [0, 0.1) is 0 Å². The fourth-order valence-electron chi connectivity index (χ4n) is 1.83. The average Bonchev–Trinajstić information content (AvgIpc) is 3.20. The van der Waals surface area contributed by atoms with Crippen LogP contribution in [-0.4, -0.2) is 4.98 Å². The molecule has 0 aliphatic rings. The number of para-hydroxylation sites is 2. The Morgan fingerprint density at radius 2 is 1.60 bits per heavy atom. The van der Waals surface area contributed by atoms with Gasteiger partial charge in [0.05, 0.1) is 0 Å². The molecule has 0 saturated carbocycles. The zero-order valence-corrected chi connectivity index (χ0v) is 11.8. The summed E-state index contributed by atoms with van der Waals surface area (Å²) in [5.74, 6) is 0.691. The van der Waals surface area contributed by atoms with Gasteiger partial charge in [-0.3, -0.25) is 0 Å². The first-order valence-electron chi connectivity index (χ1n) is 6.18. The second kappa shape index (κ2) is 6.90. The Hall–Kier alpha value is -2.09. The maximum atomic E-state index is 5.60. The Labute approximate surface area is 128 Å². The quantitative estimate of drug-likeness (QED) is 0.379. The molecule has 0 radical (unpaired) electrons. The number of benzene rings is 1. The molecule has 0 amide bonds. The van der Waals surface area contributed by atoms with Gasteiger partial charge in [-0.15, -0.1) is 0 Å². The van der Waals surface area contributed by atoms with Gasteiger partial charge in [-0.2, -0.15) is 30.3 Å². The van der Waals surface area contributed by atoms with Crippen molar-refractivity contribution in [2.24, 2.45) is 0 Å². The summed E-state index contributed by atoms with van der Waals surface area (Å²) in [7, 11) is 0. The molecule has 1 aromatic heterocycles. The largest absolute Gasteiger partial charge is 2.00 e. The van der Waals surface area contributed by atoms with Gasteiger partial charge < -0.3 is 4.42 Å². The van der Waals surface area contributed by atoms with E-state index in [0.717, 1.165) is 16.7 Å². The van der Waals surface area contributed by atoms with Crippen molar-refractivity contribution in [1.82, 2.24) is 4.98 Å². The molecule has 4 rings (SSSR count). The Morgan fingerprint density at radius 3 is 2.20 bits per heavy atom. The topological polar surface area (TPSA) is 26.0 Å². The van der Waals surface area contributed by atoms with Crippen LogP contribution < -0.4 is 0 Å². The molecule has 20 heavy (non-hydrogen) atoms. The summed E-state index contributed by atoms with van der Waals surface area (Å²) in [4.78, 5) is 4.39. The summed E-state index contributed by atoms with van der Waals surface area (Å²) in [6.45, 7) is 0. The van der Waals surface area contributed by atoms with E-state index in [1.165, 1.54) is 0 Å². The standard InChI is InChI=1S/C12H8NO.C5H5.Fe/c1-2-6-9(5-1)12-13-10-7-3-4-8-11(10)14-12;1-2-4-5-3-1;/h1-8H;1-5H;/q2*-1;+2. The molecule has 3 heteroatoms. The van der Waals surface area contributed by atoms with Gasteiger partial charge in [-0.1, -0.05) is 17.7 Å². The minimum absolute atomic E-state index is 0. The number of oxazole rings is 1. The van der Waals surface area contributed by atoms with Gasteiger partial charge in [0.1, 0.15) is 5.52 Å². The Balaban J connectivity index is 0.000000210. The Bertz CT molecular complexity index is 673. The summed E-state index contributed by atoms with van der Waals surface area (Å²) < 4.78 is 5.60. The van der Waals surface area contributed by atoms with Gasteiger partial charge in [-0.25, -0.2) is 29.2 Å². The van der Waals surface area contributed by atoms with Crippen molar-refractivity contribution in [3.8, 4) is 11.5 Å². The smallest absolute Gasteiger partial charge is 0.448 e. The zero-order chi connectivity index (χ0) is 12.9. The third-order valence-electron chi connectivity index (χ3n) is 2.76. The van der Waals surface area contributed by atoms with Crippen molar-refractivity contribution in [3.05, 3.63) is 78.9 Å². The maximum absolute atomic E-state index is 5.60. The second-order valence-electron chi connectivity index (χ2n) is 4.12. The summed E-state index contributed by atoms with van der Waals surface area (Å²) in [5.41, 5.74) is 2.77. The number of hydrogen-bond donors (Lipinski definition) is 0. The first-order valence-corrected chi connectivity index (χ1v) is 6.18. The molecular formula is C17H13FeNO. The van der Waals surface area contributed by atoms with Gasteiger partial charge in [0, 0.05) is 0 Å². The minimum Gasteiger partial charge on any atom is -0.448 e. The third-order valence-corrected chi connectivity index (χ3v) is 2.76. The number of hydrogen-bond acceptors (Lipinski definition) is 2. The van der Waals surface area contributed by atoms with Crippen LogP contribution in [0.25, 0.3) is 22.6 Å². The average molecular weight is 303 g/mol. The van der Waals surface area contributed by atoms with E-state index in [4.69, 9.17) is 4.42 Å². The number of aromatic nitrogens is 1. The molecule has 0 N–H and O–H groups in total. The Morgan fingerprint density at radius 1 is 0.900 bits per heavy atom. The van der Waals surface area contributed by atoms with Gasteiger partial charge in [0.25, 0.3) is 0 Å². The molecule has 0 aliphatic carbocycles. The van der Waals surface area contributed by atoms with E-state index in [1.807, 2.05) is 78.9 Å². The van der Waals surface area contributed by atoms with Crippen molar-refractivity contribution in [3.63, 3.8) is 0 Å². The molecular weight excluding hydrogens is 290 g/mol. The molecule has 0 aliphatic heterocycles. The van der Waals surface area contributed by atoms with Crippen LogP contribution in [0.1, 0.15) is 0 Å².